The van der Waals surface area contributed by atoms with Crippen molar-refractivity contribution in [3.05, 3.63) is 80.9 Å². The third-order valence-corrected chi connectivity index (χ3v) is 5.75. The molecule has 168 valence electrons. The topological polar surface area (TPSA) is 56.0 Å². The quantitative estimate of drug-likeness (QED) is 0.562. The van der Waals surface area contributed by atoms with Crippen molar-refractivity contribution in [3.8, 4) is 11.3 Å². The minimum Gasteiger partial charge on any atom is -0.350 e. The lowest BCUT2D eigenvalue weighted by atomic mass is 10.1. The number of imidazole rings is 1. The number of carbonyl (C=O) groups excluding carboxylic acids is 1. The number of carbonyl (C=O) groups is 1. The zero-order chi connectivity index (χ0) is 23.0. The Labute approximate surface area is 187 Å². The van der Waals surface area contributed by atoms with Gasteiger partial charge in [0.05, 0.1) is 11.3 Å². The predicted octanol–water partition coefficient (Wildman–Crippen LogP) is 4.95. The van der Waals surface area contributed by atoms with E-state index in [1.165, 1.54) is 16.7 Å². The van der Waals surface area contributed by atoms with Crippen LogP contribution in [0.2, 0.25) is 5.02 Å². The molecule has 1 N–H and O–H groups in total. The Morgan fingerprint density at radius 3 is 2.47 bits per heavy atom. The lowest BCUT2D eigenvalue weighted by Crippen LogP contribution is -2.33. The highest BCUT2D eigenvalue weighted by Crippen LogP contribution is 2.38. The molecule has 1 aromatic heterocycles. The summed E-state index contributed by atoms with van der Waals surface area (Å²) in [4.78, 5) is 25.6. The summed E-state index contributed by atoms with van der Waals surface area (Å²) in [5, 5.41) is 3.19. The van der Waals surface area contributed by atoms with Crippen LogP contribution in [0.25, 0.3) is 11.3 Å². The van der Waals surface area contributed by atoms with Gasteiger partial charge in [-0.25, -0.2) is 4.79 Å². The Kier molecular flexibility index (Phi) is 5.90. The Morgan fingerprint density at radius 1 is 1.16 bits per heavy atom. The maximum Gasteiger partial charge on any atom is 0.416 e. The van der Waals surface area contributed by atoms with Crippen LogP contribution in [0.15, 0.2) is 53.3 Å². The van der Waals surface area contributed by atoms with Crippen LogP contribution in [-0.4, -0.2) is 15.0 Å². The van der Waals surface area contributed by atoms with Crippen LogP contribution in [0.5, 0.6) is 0 Å². The maximum absolute atomic E-state index is 13.1. The van der Waals surface area contributed by atoms with E-state index in [0.717, 1.165) is 36.2 Å². The summed E-state index contributed by atoms with van der Waals surface area (Å²) < 4.78 is 41.8. The van der Waals surface area contributed by atoms with Gasteiger partial charge in [0.2, 0.25) is 5.91 Å². The summed E-state index contributed by atoms with van der Waals surface area (Å²) in [5.41, 5.74) is 1.52. The van der Waals surface area contributed by atoms with Crippen molar-refractivity contribution in [2.45, 2.75) is 45.1 Å². The van der Waals surface area contributed by atoms with Crippen molar-refractivity contribution in [3.63, 3.8) is 0 Å². The molecular formula is C23H21ClF3N3O2. The standard InChI is InChI=1S/C23H21ClF3N3O2/c1-14-21(16-5-7-18(24)8-6-16)30(19-9-10-19)22(32)29(14)13-20(31)28-12-15-3-2-4-17(11-15)23(25,26)27/h2-8,11,19H,9-10,12-13H2,1H3,(H,28,31). The van der Waals surface area contributed by atoms with Crippen molar-refractivity contribution >= 4 is 17.5 Å². The van der Waals surface area contributed by atoms with Crippen molar-refractivity contribution in [1.82, 2.24) is 14.5 Å². The molecule has 1 aliphatic carbocycles. The molecule has 0 unspecified atom stereocenters. The summed E-state index contributed by atoms with van der Waals surface area (Å²) in [7, 11) is 0. The summed E-state index contributed by atoms with van der Waals surface area (Å²) >= 11 is 5.99. The van der Waals surface area contributed by atoms with Crippen LogP contribution in [0.3, 0.4) is 0 Å². The second kappa shape index (κ2) is 8.50. The first kappa shape index (κ1) is 22.2. The molecule has 0 saturated heterocycles. The van der Waals surface area contributed by atoms with Gasteiger partial charge < -0.3 is 5.32 Å². The molecule has 1 amide bonds. The second-order valence-corrected chi connectivity index (χ2v) is 8.32. The van der Waals surface area contributed by atoms with Crippen LogP contribution in [0.4, 0.5) is 13.2 Å². The number of alkyl halides is 3. The minimum atomic E-state index is -4.45. The van der Waals surface area contributed by atoms with Gasteiger partial charge in [-0.15, -0.1) is 0 Å². The van der Waals surface area contributed by atoms with Crippen molar-refractivity contribution < 1.29 is 18.0 Å². The Morgan fingerprint density at radius 2 is 1.84 bits per heavy atom. The minimum absolute atomic E-state index is 0.0655. The molecule has 32 heavy (non-hydrogen) atoms. The highest BCUT2D eigenvalue weighted by molar-refractivity contribution is 6.30. The van der Waals surface area contributed by atoms with E-state index in [2.05, 4.69) is 5.32 Å². The lowest BCUT2D eigenvalue weighted by Gasteiger charge is -2.10. The lowest BCUT2D eigenvalue weighted by molar-refractivity contribution is -0.137. The van der Waals surface area contributed by atoms with Gasteiger partial charge in [0.15, 0.2) is 0 Å². The van der Waals surface area contributed by atoms with E-state index in [1.54, 1.807) is 23.6 Å². The fourth-order valence-electron chi connectivity index (χ4n) is 3.74. The second-order valence-electron chi connectivity index (χ2n) is 7.89. The van der Waals surface area contributed by atoms with Gasteiger partial charge in [-0.1, -0.05) is 35.9 Å². The van der Waals surface area contributed by atoms with E-state index in [-0.39, 0.29) is 24.8 Å². The van der Waals surface area contributed by atoms with E-state index in [4.69, 9.17) is 11.6 Å². The number of nitrogens with zero attached hydrogens (tertiary/aromatic N) is 2. The molecule has 2 aromatic carbocycles. The Bertz CT molecular complexity index is 1210. The molecule has 0 radical (unpaired) electrons. The van der Waals surface area contributed by atoms with Crippen LogP contribution in [0, 0.1) is 6.92 Å². The summed E-state index contributed by atoms with van der Waals surface area (Å²) in [6.07, 6.45) is -2.66. The summed E-state index contributed by atoms with van der Waals surface area (Å²) in [6.45, 7) is 1.50. The number of amides is 1. The summed E-state index contributed by atoms with van der Waals surface area (Å²) in [5.74, 6) is -0.455. The number of rotatable bonds is 6. The van der Waals surface area contributed by atoms with E-state index < -0.39 is 17.6 Å². The average molecular weight is 464 g/mol. The van der Waals surface area contributed by atoms with Crippen molar-refractivity contribution in [1.29, 1.82) is 0 Å². The van der Waals surface area contributed by atoms with Gasteiger partial charge in [-0.2, -0.15) is 13.2 Å². The average Bonchev–Trinajstić information content (AvgIpc) is 3.55. The number of hydrogen-bond acceptors (Lipinski definition) is 2. The molecule has 1 heterocycles. The Hall–Kier alpha value is -3.00. The molecule has 1 saturated carbocycles. The SMILES string of the molecule is Cc1c(-c2ccc(Cl)cc2)n(C2CC2)c(=O)n1CC(=O)NCc1cccc(C(F)(F)F)c1. The zero-order valence-corrected chi connectivity index (χ0v) is 18.0. The van der Waals surface area contributed by atoms with Crippen molar-refractivity contribution in [2.24, 2.45) is 0 Å². The molecule has 0 aliphatic heterocycles. The number of aromatic nitrogens is 2. The van der Waals surface area contributed by atoms with Gasteiger partial charge in [-0.3, -0.25) is 13.9 Å². The van der Waals surface area contributed by atoms with Crippen LogP contribution in [0.1, 0.15) is 35.7 Å². The molecule has 0 spiro atoms. The van der Waals surface area contributed by atoms with Crippen molar-refractivity contribution in [2.75, 3.05) is 0 Å². The number of benzene rings is 2. The van der Waals surface area contributed by atoms with Crippen LogP contribution >= 0.6 is 11.6 Å². The third kappa shape index (κ3) is 4.60. The fourth-order valence-corrected chi connectivity index (χ4v) is 3.87. The normalized spacial score (nSPS) is 13.9. The number of halogens is 4. The molecule has 5 nitrogen and oxygen atoms in total. The summed E-state index contributed by atoms with van der Waals surface area (Å²) in [6, 6.07) is 12.0. The maximum atomic E-state index is 13.1. The van der Waals surface area contributed by atoms with Gasteiger partial charge in [0.25, 0.3) is 0 Å². The van der Waals surface area contributed by atoms with Gasteiger partial charge >= 0.3 is 11.9 Å². The van der Waals surface area contributed by atoms with Crippen LogP contribution in [-0.2, 0) is 24.1 Å². The molecular weight excluding hydrogens is 443 g/mol. The Balaban J connectivity index is 1.55. The molecule has 0 bridgehead atoms. The number of hydrogen-bond donors (Lipinski definition) is 1. The molecule has 1 fully saturated rings. The monoisotopic (exact) mass is 463 g/mol. The highest BCUT2D eigenvalue weighted by Gasteiger charge is 2.32. The van der Waals surface area contributed by atoms with E-state index in [9.17, 15) is 22.8 Å². The van der Waals surface area contributed by atoms with Gasteiger partial charge in [0.1, 0.15) is 6.54 Å². The molecule has 9 heteroatoms. The first-order chi connectivity index (χ1) is 15.1. The van der Waals surface area contributed by atoms with E-state index >= 15 is 0 Å². The molecule has 1 aliphatic rings. The van der Waals surface area contributed by atoms with E-state index in [1.807, 2.05) is 12.1 Å². The first-order valence-electron chi connectivity index (χ1n) is 10.2. The largest absolute Gasteiger partial charge is 0.416 e. The molecule has 0 atom stereocenters. The third-order valence-electron chi connectivity index (χ3n) is 5.50. The molecule has 4 rings (SSSR count). The predicted molar refractivity (Wildman–Crippen MR) is 115 cm³/mol. The number of nitrogens with one attached hydrogen (secondary N) is 1. The smallest absolute Gasteiger partial charge is 0.350 e. The van der Waals surface area contributed by atoms with Gasteiger partial charge in [0, 0.05) is 28.9 Å². The van der Waals surface area contributed by atoms with Crippen LogP contribution < -0.4 is 11.0 Å². The van der Waals surface area contributed by atoms with Gasteiger partial charge in [-0.05, 0) is 49.6 Å². The zero-order valence-electron chi connectivity index (χ0n) is 17.2. The highest BCUT2D eigenvalue weighted by atomic mass is 35.5. The first-order valence-corrected chi connectivity index (χ1v) is 10.5. The van der Waals surface area contributed by atoms with E-state index in [0.29, 0.717) is 16.3 Å². The molecule has 3 aromatic rings. The fraction of sp³-hybridized carbons (Fsp3) is 0.304.